The second-order valence-corrected chi connectivity index (χ2v) is 11.3. The van der Waals surface area contributed by atoms with Gasteiger partial charge in [0.1, 0.15) is 0 Å². The Morgan fingerprint density at radius 3 is 1.05 bits per heavy atom. The van der Waals surface area contributed by atoms with E-state index in [4.69, 9.17) is 0 Å². The van der Waals surface area contributed by atoms with Crippen molar-refractivity contribution < 1.29 is 0 Å². The molecule has 0 radical (unpaired) electrons. The normalized spacial score (nSPS) is 11.1. The Morgan fingerprint density at radius 1 is 0.421 bits per heavy atom. The standard InChI is InChI=1S/C36H51NS/c1-3-5-7-11-15-31-18-24-34(25-19-31)37(35-26-20-32(21-27-35)16-12-8-6-4-2)36-28-22-33(23-29-36)17-13-9-10-14-30-38/h18-29,38H,3-17,30H2,1-2H3. The van der Waals surface area contributed by atoms with Gasteiger partial charge in [0.15, 0.2) is 0 Å². The summed E-state index contributed by atoms with van der Waals surface area (Å²) in [5, 5.41) is 0. The summed E-state index contributed by atoms with van der Waals surface area (Å²) < 4.78 is 0. The Morgan fingerprint density at radius 2 is 0.737 bits per heavy atom. The SMILES string of the molecule is CCCCCCc1ccc(N(c2ccc(CCCCCC)cc2)c2ccc(CCCCCCS)cc2)cc1. The molecule has 0 saturated carbocycles. The van der Waals surface area contributed by atoms with Crippen molar-refractivity contribution in [3.8, 4) is 0 Å². The molecule has 0 heterocycles. The van der Waals surface area contributed by atoms with E-state index in [2.05, 4.69) is 104 Å². The number of nitrogens with zero attached hydrogens (tertiary/aromatic N) is 1. The quantitative estimate of drug-likeness (QED) is 0.119. The zero-order valence-corrected chi connectivity index (χ0v) is 25.0. The van der Waals surface area contributed by atoms with Crippen LogP contribution in [0.1, 0.15) is 108 Å². The van der Waals surface area contributed by atoms with Crippen LogP contribution in [-0.4, -0.2) is 5.75 Å². The maximum atomic E-state index is 4.33. The summed E-state index contributed by atoms with van der Waals surface area (Å²) in [6.45, 7) is 4.56. The highest BCUT2D eigenvalue weighted by molar-refractivity contribution is 7.80. The summed E-state index contributed by atoms with van der Waals surface area (Å²) in [6, 6.07) is 27.8. The van der Waals surface area contributed by atoms with Crippen molar-refractivity contribution in [2.45, 2.75) is 110 Å². The maximum Gasteiger partial charge on any atom is 0.0461 e. The molecule has 0 atom stereocenters. The molecule has 0 fully saturated rings. The minimum atomic E-state index is 1.00. The molecule has 0 aliphatic rings. The van der Waals surface area contributed by atoms with Gasteiger partial charge in [-0.1, -0.05) is 102 Å². The largest absolute Gasteiger partial charge is 0.311 e. The summed E-state index contributed by atoms with van der Waals surface area (Å²) in [5.74, 6) is 1.00. The predicted molar refractivity (Wildman–Crippen MR) is 173 cm³/mol. The van der Waals surface area contributed by atoms with Crippen molar-refractivity contribution in [2.24, 2.45) is 0 Å². The van der Waals surface area contributed by atoms with E-state index < -0.39 is 0 Å². The Hall–Kier alpha value is -2.19. The molecule has 3 rings (SSSR count). The number of rotatable bonds is 19. The van der Waals surface area contributed by atoms with Crippen molar-refractivity contribution in [1.29, 1.82) is 0 Å². The Balaban J connectivity index is 1.74. The molecule has 0 aromatic heterocycles. The first-order chi connectivity index (χ1) is 18.7. The van der Waals surface area contributed by atoms with E-state index in [-0.39, 0.29) is 0 Å². The Bertz CT molecular complexity index is 936. The summed E-state index contributed by atoms with van der Waals surface area (Å²) in [6.07, 6.45) is 19.1. The highest BCUT2D eigenvalue weighted by Gasteiger charge is 2.13. The molecular weight excluding hydrogens is 478 g/mol. The molecule has 1 nitrogen and oxygen atoms in total. The van der Waals surface area contributed by atoms with Crippen LogP contribution < -0.4 is 4.90 Å². The lowest BCUT2D eigenvalue weighted by molar-refractivity contribution is 0.667. The first kappa shape index (κ1) is 30.4. The monoisotopic (exact) mass is 529 g/mol. The summed E-state index contributed by atoms with van der Waals surface area (Å²) in [4.78, 5) is 2.41. The van der Waals surface area contributed by atoms with Crippen LogP contribution in [0.4, 0.5) is 17.1 Å². The van der Waals surface area contributed by atoms with Gasteiger partial charge >= 0.3 is 0 Å². The van der Waals surface area contributed by atoms with E-state index in [0.29, 0.717) is 0 Å². The van der Waals surface area contributed by atoms with E-state index in [9.17, 15) is 0 Å². The molecule has 0 amide bonds. The number of unbranched alkanes of at least 4 members (excludes halogenated alkanes) is 9. The van der Waals surface area contributed by atoms with Gasteiger partial charge in [-0.25, -0.2) is 0 Å². The summed E-state index contributed by atoms with van der Waals surface area (Å²) in [7, 11) is 0. The van der Waals surface area contributed by atoms with E-state index in [1.807, 2.05) is 0 Å². The van der Waals surface area contributed by atoms with Crippen molar-refractivity contribution in [3.05, 3.63) is 89.5 Å². The molecule has 38 heavy (non-hydrogen) atoms. The van der Waals surface area contributed by atoms with Crippen LogP contribution in [0.5, 0.6) is 0 Å². The lowest BCUT2D eigenvalue weighted by atomic mass is 10.0. The maximum absolute atomic E-state index is 4.33. The van der Waals surface area contributed by atoms with Gasteiger partial charge < -0.3 is 4.90 Å². The number of hydrogen-bond donors (Lipinski definition) is 1. The highest BCUT2D eigenvalue weighted by Crippen LogP contribution is 2.35. The number of aryl methyl sites for hydroxylation is 3. The van der Waals surface area contributed by atoms with E-state index in [0.717, 1.165) is 12.2 Å². The van der Waals surface area contributed by atoms with E-state index in [1.54, 1.807) is 0 Å². The predicted octanol–water partition coefficient (Wildman–Crippen LogP) is 11.4. The molecule has 2 heteroatoms. The van der Waals surface area contributed by atoms with Crippen LogP contribution in [0.25, 0.3) is 0 Å². The third-order valence-electron chi connectivity index (χ3n) is 7.60. The van der Waals surface area contributed by atoms with Crippen LogP contribution in [-0.2, 0) is 19.3 Å². The van der Waals surface area contributed by atoms with Crippen molar-refractivity contribution in [1.82, 2.24) is 0 Å². The first-order valence-electron chi connectivity index (χ1n) is 15.4. The summed E-state index contributed by atoms with van der Waals surface area (Å²) >= 11 is 4.33. The zero-order valence-electron chi connectivity index (χ0n) is 24.1. The van der Waals surface area contributed by atoms with Gasteiger partial charge in [-0.2, -0.15) is 12.6 Å². The van der Waals surface area contributed by atoms with Gasteiger partial charge in [0, 0.05) is 17.1 Å². The van der Waals surface area contributed by atoms with Gasteiger partial charge in [0.2, 0.25) is 0 Å². The fourth-order valence-electron chi connectivity index (χ4n) is 5.19. The van der Waals surface area contributed by atoms with Gasteiger partial charge in [0.05, 0.1) is 0 Å². The van der Waals surface area contributed by atoms with Crippen LogP contribution in [0.15, 0.2) is 72.8 Å². The lowest BCUT2D eigenvalue weighted by Crippen LogP contribution is -2.10. The van der Waals surface area contributed by atoms with E-state index >= 15 is 0 Å². The van der Waals surface area contributed by atoms with Crippen LogP contribution in [0.2, 0.25) is 0 Å². The molecule has 0 bridgehead atoms. The molecular formula is C36H51NS. The molecule has 0 saturated heterocycles. The molecule has 0 spiro atoms. The first-order valence-corrected chi connectivity index (χ1v) is 16.1. The van der Waals surface area contributed by atoms with Crippen molar-refractivity contribution in [3.63, 3.8) is 0 Å². The van der Waals surface area contributed by atoms with Crippen LogP contribution in [0.3, 0.4) is 0 Å². The minimum absolute atomic E-state index is 1.00. The Labute approximate surface area is 239 Å². The molecule has 3 aromatic carbocycles. The average molecular weight is 530 g/mol. The van der Waals surface area contributed by atoms with Gasteiger partial charge in [-0.15, -0.1) is 0 Å². The van der Waals surface area contributed by atoms with Gasteiger partial charge in [-0.3, -0.25) is 0 Å². The van der Waals surface area contributed by atoms with Gasteiger partial charge in [-0.05, 0) is 104 Å². The molecule has 0 aliphatic carbocycles. The summed E-state index contributed by atoms with van der Waals surface area (Å²) in [5.41, 5.74) is 8.02. The number of anilines is 3. The minimum Gasteiger partial charge on any atom is -0.311 e. The number of hydrogen-bond acceptors (Lipinski definition) is 2. The molecule has 0 unspecified atom stereocenters. The lowest BCUT2D eigenvalue weighted by Gasteiger charge is -2.26. The number of thiol groups is 1. The second-order valence-electron chi connectivity index (χ2n) is 10.8. The topological polar surface area (TPSA) is 3.24 Å². The van der Waals surface area contributed by atoms with Crippen LogP contribution in [0, 0.1) is 0 Å². The molecule has 0 aliphatic heterocycles. The second kappa shape index (κ2) is 18.2. The van der Waals surface area contributed by atoms with Crippen molar-refractivity contribution in [2.75, 3.05) is 10.7 Å². The van der Waals surface area contributed by atoms with Crippen LogP contribution >= 0.6 is 12.6 Å². The molecule has 3 aromatic rings. The fourth-order valence-corrected chi connectivity index (χ4v) is 5.41. The number of benzene rings is 3. The smallest absolute Gasteiger partial charge is 0.0461 e. The van der Waals surface area contributed by atoms with Gasteiger partial charge in [0.25, 0.3) is 0 Å². The van der Waals surface area contributed by atoms with Crippen molar-refractivity contribution >= 4 is 29.7 Å². The highest BCUT2D eigenvalue weighted by atomic mass is 32.1. The van der Waals surface area contributed by atoms with E-state index in [1.165, 1.54) is 124 Å². The third-order valence-corrected chi connectivity index (χ3v) is 7.91. The zero-order chi connectivity index (χ0) is 26.8. The Kier molecular flexibility index (Phi) is 14.5. The fraction of sp³-hybridized carbons (Fsp3) is 0.500. The average Bonchev–Trinajstić information content (AvgIpc) is 2.96. The third kappa shape index (κ3) is 10.5. The molecule has 0 N–H and O–H groups in total. The molecule has 206 valence electrons.